The summed E-state index contributed by atoms with van der Waals surface area (Å²) in [6.45, 7) is 1.08. The van der Waals surface area contributed by atoms with Crippen LogP contribution in [-0.2, 0) is 21.9 Å². The number of carboxylic acid groups (broad SMARTS) is 1. The van der Waals surface area contributed by atoms with Crippen LogP contribution in [0, 0.1) is 0 Å². The SMILES string of the molecule is CC(=O)O.[LiH].[Mn]. The van der Waals surface area contributed by atoms with Crippen LogP contribution in [0.5, 0.6) is 0 Å². The first kappa shape index (κ1) is 16.0. The van der Waals surface area contributed by atoms with Gasteiger partial charge in [0.05, 0.1) is 0 Å². The molecule has 0 bridgehead atoms. The van der Waals surface area contributed by atoms with Gasteiger partial charge >= 0.3 is 18.9 Å². The molecule has 0 aromatic rings. The maximum Gasteiger partial charge on any atom is 0 e. The third kappa shape index (κ3) is 171. The first-order valence-corrected chi connectivity index (χ1v) is 0.928. The summed E-state index contributed by atoms with van der Waals surface area (Å²) in [5.74, 6) is -0.833. The van der Waals surface area contributed by atoms with Crippen molar-refractivity contribution >= 4 is 24.8 Å². The molecule has 0 aliphatic carbocycles. The molecule has 0 amide bonds. The van der Waals surface area contributed by atoms with Crippen LogP contribution in [0.2, 0.25) is 0 Å². The zero-order valence-corrected chi connectivity index (χ0v) is 3.91. The van der Waals surface area contributed by atoms with Crippen LogP contribution in [0.4, 0.5) is 0 Å². The van der Waals surface area contributed by atoms with Crippen LogP contribution in [0.25, 0.3) is 0 Å². The molecule has 0 aromatic carbocycles. The van der Waals surface area contributed by atoms with Gasteiger partial charge in [0.15, 0.2) is 0 Å². The smallest absolute Gasteiger partial charge is 0 e. The first-order valence-electron chi connectivity index (χ1n) is 0.928. The van der Waals surface area contributed by atoms with Crippen molar-refractivity contribution in [1.82, 2.24) is 0 Å². The Morgan fingerprint density at radius 2 is 1.67 bits per heavy atom. The van der Waals surface area contributed by atoms with Gasteiger partial charge in [0.25, 0.3) is 5.97 Å². The van der Waals surface area contributed by atoms with E-state index < -0.39 is 5.97 Å². The molecule has 0 saturated carbocycles. The number of carbonyl (C=O) groups is 1. The summed E-state index contributed by atoms with van der Waals surface area (Å²) in [5, 5.41) is 7.42. The van der Waals surface area contributed by atoms with Crippen molar-refractivity contribution in [2.45, 2.75) is 6.92 Å². The fourth-order valence-corrected chi connectivity index (χ4v) is 0. The normalized spacial score (nSPS) is 4.17. The Bertz CT molecular complexity index is 34.5. The summed E-state index contributed by atoms with van der Waals surface area (Å²) in [6, 6.07) is 0. The Kier molecular flexibility index (Phi) is 24.3. The molecule has 0 unspecified atom stereocenters. The number of rotatable bonds is 0. The van der Waals surface area contributed by atoms with E-state index in [1.807, 2.05) is 0 Å². The van der Waals surface area contributed by atoms with E-state index in [-0.39, 0.29) is 35.9 Å². The second kappa shape index (κ2) is 9.14. The standard InChI is InChI=1S/C2H4O2.Li.Mn.H/c1-2(3)4;;;/h1H3,(H,3,4);;;. The van der Waals surface area contributed by atoms with Gasteiger partial charge in [-0.15, -0.1) is 0 Å². The van der Waals surface area contributed by atoms with Crippen LogP contribution in [0.3, 0.4) is 0 Å². The van der Waals surface area contributed by atoms with Crippen molar-refractivity contribution in [2.75, 3.05) is 0 Å². The number of hydrogen-bond acceptors (Lipinski definition) is 1. The molecule has 33 valence electrons. The summed E-state index contributed by atoms with van der Waals surface area (Å²) in [7, 11) is 0. The Morgan fingerprint density at radius 1 is 1.67 bits per heavy atom. The van der Waals surface area contributed by atoms with E-state index in [9.17, 15) is 0 Å². The van der Waals surface area contributed by atoms with Gasteiger partial charge in [0, 0.05) is 24.0 Å². The Labute approximate surface area is 59.0 Å². The molecule has 2 nitrogen and oxygen atoms in total. The van der Waals surface area contributed by atoms with Gasteiger partial charge < -0.3 is 5.11 Å². The predicted octanol–water partition coefficient (Wildman–Crippen LogP) is -0.560. The molecule has 0 aliphatic rings. The molecule has 0 saturated heterocycles. The molecule has 0 fully saturated rings. The van der Waals surface area contributed by atoms with Gasteiger partial charge in [-0.2, -0.15) is 0 Å². The number of hydrogen-bond donors (Lipinski definition) is 1. The maximum absolute atomic E-state index is 9.00. The summed E-state index contributed by atoms with van der Waals surface area (Å²) in [6.07, 6.45) is 0. The summed E-state index contributed by atoms with van der Waals surface area (Å²) >= 11 is 0. The third-order valence-electron chi connectivity index (χ3n) is 0. The fraction of sp³-hybridized carbons (Fsp3) is 0.500. The summed E-state index contributed by atoms with van der Waals surface area (Å²) in [4.78, 5) is 9.00. The average molecular weight is 123 g/mol. The Balaban J connectivity index is -0.0000000450. The van der Waals surface area contributed by atoms with E-state index >= 15 is 0 Å². The van der Waals surface area contributed by atoms with E-state index in [4.69, 9.17) is 9.90 Å². The van der Waals surface area contributed by atoms with Crippen LogP contribution in [0.15, 0.2) is 0 Å². The van der Waals surface area contributed by atoms with E-state index in [0.29, 0.717) is 0 Å². The molecule has 0 spiro atoms. The Morgan fingerprint density at radius 3 is 1.67 bits per heavy atom. The van der Waals surface area contributed by atoms with Gasteiger partial charge in [-0.05, 0) is 0 Å². The topological polar surface area (TPSA) is 37.3 Å². The average Bonchev–Trinajstić information content (AvgIpc) is 0.811. The molecule has 6 heavy (non-hydrogen) atoms. The zero-order valence-electron chi connectivity index (χ0n) is 2.73. The number of carboxylic acids is 1. The van der Waals surface area contributed by atoms with E-state index in [0.717, 1.165) is 6.92 Å². The quantitative estimate of drug-likeness (QED) is 0.438. The molecule has 0 aromatic heterocycles. The minimum atomic E-state index is -0.833. The van der Waals surface area contributed by atoms with Crippen molar-refractivity contribution in [2.24, 2.45) is 0 Å². The molecular weight excluding hydrogens is 118 g/mol. The third-order valence-corrected chi connectivity index (χ3v) is 0. The molecular formula is C2H5LiMnO2. The van der Waals surface area contributed by atoms with Gasteiger partial charge in [-0.25, -0.2) is 0 Å². The van der Waals surface area contributed by atoms with Gasteiger partial charge in [0.2, 0.25) is 0 Å². The van der Waals surface area contributed by atoms with Crippen LogP contribution in [-0.4, -0.2) is 29.9 Å². The first-order chi connectivity index (χ1) is 1.73. The molecule has 0 rings (SSSR count). The van der Waals surface area contributed by atoms with Crippen LogP contribution in [0.1, 0.15) is 6.92 Å². The van der Waals surface area contributed by atoms with Crippen LogP contribution >= 0.6 is 0 Å². The molecule has 1 radical (unpaired) electrons. The van der Waals surface area contributed by atoms with Crippen molar-refractivity contribution in [3.05, 3.63) is 0 Å². The molecule has 1 N–H and O–H groups in total. The van der Waals surface area contributed by atoms with E-state index in [2.05, 4.69) is 0 Å². The van der Waals surface area contributed by atoms with Gasteiger partial charge in [0.1, 0.15) is 0 Å². The second-order valence-electron chi connectivity index (χ2n) is 0.519. The van der Waals surface area contributed by atoms with E-state index in [1.54, 1.807) is 0 Å². The van der Waals surface area contributed by atoms with Crippen LogP contribution < -0.4 is 0 Å². The monoisotopic (exact) mass is 123 g/mol. The van der Waals surface area contributed by atoms with Crippen molar-refractivity contribution in [1.29, 1.82) is 0 Å². The predicted molar refractivity (Wildman–Crippen MR) is 20.5 cm³/mol. The van der Waals surface area contributed by atoms with Crippen molar-refractivity contribution in [3.63, 3.8) is 0 Å². The minimum Gasteiger partial charge on any atom is 0 e. The van der Waals surface area contributed by atoms with Crippen molar-refractivity contribution < 1.29 is 27.0 Å². The van der Waals surface area contributed by atoms with E-state index in [1.165, 1.54) is 0 Å². The zero-order chi connectivity index (χ0) is 3.58. The molecule has 0 atom stereocenters. The fourth-order valence-electron chi connectivity index (χ4n) is 0. The van der Waals surface area contributed by atoms with Crippen molar-refractivity contribution in [3.8, 4) is 0 Å². The Hall–Kier alpha value is 0.587. The van der Waals surface area contributed by atoms with Gasteiger partial charge in [-0.3, -0.25) is 4.79 Å². The molecule has 4 heteroatoms. The van der Waals surface area contributed by atoms with Gasteiger partial charge in [-0.1, -0.05) is 0 Å². The summed E-state index contributed by atoms with van der Waals surface area (Å²) < 4.78 is 0. The minimum absolute atomic E-state index is 0. The maximum atomic E-state index is 9.00. The molecule has 0 aliphatic heterocycles. The second-order valence-corrected chi connectivity index (χ2v) is 0.519. The largest absolute Gasteiger partial charge is 0 e. The molecule has 0 heterocycles. The summed E-state index contributed by atoms with van der Waals surface area (Å²) in [5.41, 5.74) is 0. The number of aliphatic carboxylic acids is 1.